The number of benzene rings is 2. The Morgan fingerprint density at radius 3 is 2.24 bits per heavy atom. The Kier molecular flexibility index (Phi) is 4.58. The lowest BCUT2D eigenvalue weighted by Crippen LogP contribution is -2.13. The zero-order chi connectivity index (χ0) is 15.8. The van der Waals surface area contributed by atoms with Gasteiger partial charge in [0.05, 0.1) is 25.7 Å². The first-order valence-corrected chi connectivity index (χ1v) is 8.36. The lowest BCUT2D eigenvalue weighted by molar-refractivity contribution is 0.601. The van der Waals surface area contributed by atoms with E-state index in [0.29, 0.717) is 5.69 Å². The summed E-state index contributed by atoms with van der Waals surface area (Å²) in [7, 11) is -3.82. The first-order chi connectivity index (χ1) is 9.70. The maximum absolute atomic E-state index is 12.3. The number of nitrogen functional groups attached to an aromatic ring is 1. The average molecular weight is 366 g/mol. The van der Waals surface area contributed by atoms with Crippen LogP contribution in [0.25, 0.3) is 0 Å². The van der Waals surface area contributed by atoms with E-state index >= 15 is 0 Å². The number of rotatable bonds is 3. The highest BCUT2D eigenvalue weighted by Crippen LogP contribution is 2.33. The van der Waals surface area contributed by atoms with Crippen molar-refractivity contribution in [2.24, 2.45) is 0 Å². The molecule has 2 aromatic rings. The highest BCUT2D eigenvalue weighted by Gasteiger charge is 2.17. The van der Waals surface area contributed by atoms with E-state index in [4.69, 9.17) is 40.5 Å². The molecule has 4 nitrogen and oxygen atoms in total. The van der Waals surface area contributed by atoms with E-state index in [2.05, 4.69) is 4.72 Å². The van der Waals surface area contributed by atoms with Gasteiger partial charge in [0.25, 0.3) is 10.0 Å². The van der Waals surface area contributed by atoms with Gasteiger partial charge in [-0.1, -0.05) is 40.9 Å². The van der Waals surface area contributed by atoms with E-state index in [1.165, 1.54) is 24.3 Å². The molecule has 0 aliphatic heterocycles. The average Bonchev–Trinajstić information content (AvgIpc) is 2.39. The van der Waals surface area contributed by atoms with Crippen molar-refractivity contribution in [1.82, 2.24) is 0 Å². The summed E-state index contributed by atoms with van der Waals surface area (Å²) >= 11 is 17.6. The van der Waals surface area contributed by atoms with E-state index in [-0.39, 0.29) is 25.7 Å². The predicted octanol–water partition coefficient (Wildman–Crippen LogP) is 4.34. The van der Waals surface area contributed by atoms with Crippen molar-refractivity contribution in [2.75, 3.05) is 10.5 Å². The van der Waals surface area contributed by atoms with Crippen LogP contribution < -0.4 is 10.5 Å². The third kappa shape index (κ3) is 3.55. The number of nitrogens with one attached hydrogen (secondary N) is 1. The first-order valence-electron chi connectivity index (χ1n) is 5.74. The van der Waals surface area contributed by atoms with Crippen LogP contribution in [0.1, 0.15) is 5.56 Å². The van der Waals surface area contributed by atoms with Gasteiger partial charge >= 0.3 is 0 Å². The Balaban J connectivity index is 2.42. The highest BCUT2D eigenvalue weighted by atomic mass is 35.5. The molecular weight excluding hydrogens is 355 g/mol. The molecule has 0 saturated heterocycles. The molecule has 0 aliphatic carbocycles. The van der Waals surface area contributed by atoms with Crippen molar-refractivity contribution < 1.29 is 8.42 Å². The van der Waals surface area contributed by atoms with Crippen LogP contribution in [-0.2, 0) is 10.0 Å². The Hall–Kier alpha value is -1.14. The molecule has 8 heteroatoms. The molecule has 0 atom stereocenters. The van der Waals surface area contributed by atoms with Crippen molar-refractivity contribution in [3.8, 4) is 0 Å². The van der Waals surface area contributed by atoms with Crippen LogP contribution in [0.15, 0.2) is 35.2 Å². The molecule has 2 aromatic carbocycles. The molecule has 0 bridgehead atoms. The summed E-state index contributed by atoms with van der Waals surface area (Å²) in [6.45, 7) is 1.79. The number of sulfonamides is 1. The Labute approximate surface area is 137 Å². The van der Waals surface area contributed by atoms with Crippen LogP contribution in [0.2, 0.25) is 15.1 Å². The molecule has 0 radical (unpaired) electrons. The third-order valence-corrected chi connectivity index (χ3v) is 5.21. The van der Waals surface area contributed by atoms with E-state index < -0.39 is 10.0 Å². The molecule has 21 heavy (non-hydrogen) atoms. The van der Waals surface area contributed by atoms with Crippen molar-refractivity contribution in [2.45, 2.75) is 11.8 Å². The second-order valence-corrected chi connectivity index (χ2v) is 7.27. The van der Waals surface area contributed by atoms with Crippen molar-refractivity contribution >= 4 is 56.2 Å². The van der Waals surface area contributed by atoms with Crippen molar-refractivity contribution in [3.05, 3.63) is 51.0 Å². The third-order valence-electron chi connectivity index (χ3n) is 2.82. The summed E-state index contributed by atoms with van der Waals surface area (Å²) < 4.78 is 27.0. The van der Waals surface area contributed by atoms with E-state index in [1.54, 1.807) is 13.0 Å². The van der Waals surface area contributed by atoms with E-state index in [0.717, 1.165) is 5.56 Å². The normalized spacial score (nSPS) is 11.4. The van der Waals surface area contributed by atoms with Crippen molar-refractivity contribution in [1.29, 1.82) is 0 Å². The van der Waals surface area contributed by atoms with Crippen LogP contribution >= 0.6 is 34.8 Å². The fraction of sp³-hybridized carbons (Fsp3) is 0.0769. The van der Waals surface area contributed by atoms with Crippen LogP contribution in [0.5, 0.6) is 0 Å². The molecule has 0 unspecified atom stereocenters. The lowest BCUT2D eigenvalue weighted by Gasteiger charge is -2.11. The highest BCUT2D eigenvalue weighted by molar-refractivity contribution is 7.92. The van der Waals surface area contributed by atoms with E-state index in [9.17, 15) is 8.42 Å². The second kappa shape index (κ2) is 5.93. The van der Waals surface area contributed by atoms with Gasteiger partial charge in [-0.05, 0) is 36.8 Å². The SMILES string of the molecule is Cc1ccc(S(=O)(=O)Nc2cc(Cl)c(Cl)cc2Cl)cc1N. The molecule has 0 aromatic heterocycles. The number of hydrogen-bond donors (Lipinski definition) is 2. The predicted molar refractivity (Wildman–Crippen MR) is 87.9 cm³/mol. The minimum atomic E-state index is -3.82. The monoisotopic (exact) mass is 364 g/mol. The molecule has 3 N–H and O–H groups in total. The number of halogens is 3. The number of hydrogen-bond acceptors (Lipinski definition) is 3. The molecule has 0 fully saturated rings. The molecule has 0 spiro atoms. The zero-order valence-corrected chi connectivity index (χ0v) is 13.9. The molecular formula is C13H11Cl3N2O2S. The summed E-state index contributed by atoms with van der Waals surface area (Å²) in [6.07, 6.45) is 0. The minimum absolute atomic E-state index is 0.0349. The molecule has 2 rings (SSSR count). The van der Waals surface area contributed by atoms with Gasteiger partial charge in [0.2, 0.25) is 0 Å². The summed E-state index contributed by atoms with van der Waals surface area (Å²) in [5, 5.41) is 0.583. The van der Waals surface area contributed by atoms with Gasteiger partial charge in [-0.3, -0.25) is 4.72 Å². The van der Waals surface area contributed by atoms with Crippen molar-refractivity contribution in [3.63, 3.8) is 0 Å². The van der Waals surface area contributed by atoms with Crippen LogP contribution in [0.4, 0.5) is 11.4 Å². The molecule has 0 saturated carbocycles. The number of aryl methyl sites for hydroxylation is 1. The van der Waals surface area contributed by atoms with Gasteiger partial charge in [0, 0.05) is 5.69 Å². The Morgan fingerprint density at radius 1 is 1.00 bits per heavy atom. The molecule has 0 aliphatic rings. The molecule has 0 amide bonds. The largest absolute Gasteiger partial charge is 0.398 e. The quantitative estimate of drug-likeness (QED) is 0.628. The van der Waals surface area contributed by atoms with Gasteiger partial charge in [0.15, 0.2) is 0 Å². The van der Waals surface area contributed by atoms with Gasteiger partial charge in [0.1, 0.15) is 0 Å². The fourth-order valence-corrected chi connectivity index (χ4v) is 3.35. The summed E-state index contributed by atoms with van der Waals surface area (Å²) in [6, 6.07) is 7.18. The van der Waals surface area contributed by atoms with Gasteiger partial charge in [-0.25, -0.2) is 8.42 Å². The van der Waals surface area contributed by atoms with Gasteiger partial charge < -0.3 is 5.73 Å². The zero-order valence-electron chi connectivity index (χ0n) is 10.8. The number of nitrogens with two attached hydrogens (primary N) is 1. The summed E-state index contributed by atoms with van der Waals surface area (Å²) in [5.41, 5.74) is 7.05. The van der Waals surface area contributed by atoms with Gasteiger partial charge in [-0.2, -0.15) is 0 Å². The lowest BCUT2D eigenvalue weighted by atomic mass is 10.2. The van der Waals surface area contributed by atoms with Crippen LogP contribution in [-0.4, -0.2) is 8.42 Å². The topological polar surface area (TPSA) is 72.2 Å². The Morgan fingerprint density at radius 2 is 1.62 bits per heavy atom. The minimum Gasteiger partial charge on any atom is -0.398 e. The fourth-order valence-electron chi connectivity index (χ4n) is 1.59. The van der Waals surface area contributed by atoms with E-state index in [1.807, 2.05) is 0 Å². The maximum atomic E-state index is 12.3. The molecule has 112 valence electrons. The summed E-state index contributed by atoms with van der Waals surface area (Å²) in [5.74, 6) is 0. The Bertz CT molecular complexity index is 807. The van der Waals surface area contributed by atoms with Crippen LogP contribution in [0, 0.1) is 6.92 Å². The van der Waals surface area contributed by atoms with Gasteiger partial charge in [-0.15, -0.1) is 0 Å². The molecule has 0 heterocycles. The standard InChI is InChI=1S/C13H11Cl3N2O2S/c1-7-2-3-8(4-12(7)17)21(19,20)18-13-6-10(15)9(14)5-11(13)16/h2-6,18H,17H2,1H3. The smallest absolute Gasteiger partial charge is 0.262 e. The second-order valence-electron chi connectivity index (χ2n) is 4.37. The summed E-state index contributed by atoms with van der Waals surface area (Å²) in [4.78, 5) is 0.0349. The first kappa shape index (κ1) is 16.2. The number of anilines is 2. The maximum Gasteiger partial charge on any atom is 0.262 e. The van der Waals surface area contributed by atoms with Crippen LogP contribution in [0.3, 0.4) is 0 Å².